The van der Waals surface area contributed by atoms with E-state index < -0.39 is 0 Å². The molecule has 0 atom stereocenters. The molecule has 0 saturated carbocycles. The molecule has 0 bridgehead atoms. The molecule has 0 aliphatic carbocycles. The molecule has 0 spiro atoms. The number of rotatable bonds is 4. The maximum atomic E-state index is 5.17. The first-order valence-electron chi connectivity index (χ1n) is 12.3. The Hall–Kier alpha value is -4.60. The first-order valence-corrected chi connectivity index (χ1v) is 13.2. The Labute approximate surface area is 219 Å². The van der Waals surface area contributed by atoms with E-state index in [-0.39, 0.29) is 0 Å². The van der Waals surface area contributed by atoms with E-state index in [4.69, 9.17) is 9.97 Å². The fourth-order valence-electron chi connectivity index (χ4n) is 4.83. The average molecular weight is 491 g/mol. The van der Waals surface area contributed by atoms with E-state index in [2.05, 4.69) is 121 Å². The number of fused-ring (bicyclic) bond motifs is 3. The minimum atomic E-state index is 0.746. The van der Waals surface area contributed by atoms with Crippen LogP contribution in [0.3, 0.4) is 0 Å². The van der Waals surface area contributed by atoms with Crippen molar-refractivity contribution in [1.82, 2.24) is 9.97 Å². The van der Waals surface area contributed by atoms with Crippen LogP contribution < -0.4 is 0 Å². The van der Waals surface area contributed by atoms with Crippen molar-refractivity contribution < 1.29 is 0 Å². The molecule has 3 heteroatoms. The van der Waals surface area contributed by atoms with Gasteiger partial charge in [-0.25, -0.2) is 9.97 Å². The summed E-state index contributed by atoms with van der Waals surface area (Å²) >= 11 is 1.76. The summed E-state index contributed by atoms with van der Waals surface area (Å²) in [5, 5.41) is 1.17. The van der Waals surface area contributed by atoms with Gasteiger partial charge in [0.15, 0.2) is 5.82 Å². The second-order valence-corrected chi connectivity index (χ2v) is 10.1. The van der Waals surface area contributed by atoms with Crippen molar-refractivity contribution in [1.29, 1.82) is 0 Å². The van der Waals surface area contributed by atoms with Crippen LogP contribution in [0, 0.1) is 0 Å². The molecular formula is C34H22N2S. The van der Waals surface area contributed by atoms with Crippen LogP contribution in [0.25, 0.3) is 65.2 Å². The second kappa shape index (κ2) is 9.12. The highest BCUT2D eigenvalue weighted by atomic mass is 32.1. The summed E-state index contributed by atoms with van der Waals surface area (Å²) in [6, 6.07) is 46.7. The quantitative estimate of drug-likeness (QED) is 0.245. The van der Waals surface area contributed by atoms with Crippen molar-refractivity contribution in [2.24, 2.45) is 0 Å². The molecule has 0 saturated heterocycles. The molecule has 0 radical (unpaired) electrons. The fraction of sp³-hybridized carbons (Fsp3) is 0. The standard InChI is InChI=1S/C34H22N2S/c1-3-10-23(11-4-1)25-18-20-26(21-19-25)34-35-31(33-32(36-34)29-16-7-8-17-30(29)37-33)28-15-9-14-27(22-28)24-12-5-2-6-13-24/h1-22H. The lowest BCUT2D eigenvalue weighted by Gasteiger charge is -2.10. The molecule has 2 heterocycles. The number of benzene rings is 5. The molecule has 0 aliphatic heterocycles. The van der Waals surface area contributed by atoms with Crippen molar-refractivity contribution in [2.45, 2.75) is 0 Å². The van der Waals surface area contributed by atoms with Gasteiger partial charge in [0.05, 0.1) is 15.9 Å². The van der Waals surface area contributed by atoms with E-state index in [1.807, 2.05) is 12.1 Å². The average Bonchev–Trinajstić information content (AvgIpc) is 3.36. The van der Waals surface area contributed by atoms with Crippen molar-refractivity contribution >= 4 is 31.6 Å². The SMILES string of the molecule is c1ccc(-c2ccc(-c3nc(-c4cccc(-c5ccccc5)c4)c4sc5ccccc5c4n3)cc2)cc1. The zero-order valence-electron chi connectivity index (χ0n) is 20.0. The zero-order chi connectivity index (χ0) is 24.6. The van der Waals surface area contributed by atoms with Crippen LogP contribution in [-0.4, -0.2) is 9.97 Å². The minimum absolute atomic E-state index is 0.746. The highest BCUT2D eigenvalue weighted by Crippen LogP contribution is 2.40. The number of aromatic nitrogens is 2. The predicted molar refractivity (Wildman–Crippen MR) is 157 cm³/mol. The lowest BCUT2D eigenvalue weighted by atomic mass is 10.0. The Balaban J connectivity index is 1.42. The number of hydrogen-bond donors (Lipinski definition) is 0. The van der Waals surface area contributed by atoms with Gasteiger partial charge in [-0.2, -0.15) is 0 Å². The van der Waals surface area contributed by atoms with Gasteiger partial charge in [0.1, 0.15) is 0 Å². The van der Waals surface area contributed by atoms with Gasteiger partial charge in [0, 0.05) is 21.2 Å². The first kappa shape index (κ1) is 21.7. The zero-order valence-corrected chi connectivity index (χ0v) is 20.8. The number of thiophene rings is 1. The summed E-state index contributed by atoms with van der Waals surface area (Å²) < 4.78 is 2.35. The number of nitrogens with zero attached hydrogens (tertiary/aromatic N) is 2. The van der Waals surface area contributed by atoms with Crippen molar-refractivity contribution in [3.05, 3.63) is 133 Å². The van der Waals surface area contributed by atoms with E-state index in [1.165, 1.54) is 32.3 Å². The van der Waals surface area contributed by atoms with Crippen LogP contribution in [0.4, 0.5) is 0 Å². The molecule has 0 N–H and O–H groups in total. The molecule has 0 aliphatic rings. The van der Waals surface area contributed by atoms with Gasteiger partial charge in [0.25, 0.3) is 0 Å². The first-order chi connectivity index (χ1) is 18.3. The molecule has 2 nitrogen and oxygen atoms in total. The third kappa shape index (κ3) is 4.00. The van der Waals surface area contributed by atoms with Crippen LogP contribution in [0.15, 0.2) is 133 Å². The van der Waals surface area contributed by atoms with E-state index in [0.717, 1.165) is 32.9 Å². The summed E-state index contributed by atoms with van der Waals surface area (Å²) in [6.45, 7) is 0. The van der Waals surface area contributed by atoms with Gasteiger partial charge in [-0.05, 0) is 34.4 Å². The molecule has 2 aromatic heterocycles. The maximum Gasteiger partial charge on any atom is 0.160 e. The van der Waals surface area contributed by atoms with Crippen LogP contribution >= 0.6 is 11.3 Å². The highest BCUT2D eigenvalue weighted by molar-refractivity contribution is 7.26. The van der Waals surface area contributed by atoms with Gasteiger partial charge in [-0.15, -0.1) is 11.3 Å². The Morgan fingerprint density at radius 1 is 0.432 bits per heavy atom. The summed E-state index contributed by atoms with van der Waals surface area (Å²) in [7, 11) is 0. The lowest BCUT2D eigenvalue weighted by Crippen LogP contribution is -1.94. The Bertz CT molecular complexity index is 1850. The van der Waals surface area contributed by atoms with Gasteiger partial charge in [-0.1, -0.05) is 121 Å². The summed E-state index contributed by atoms with van der Waals surface area (Å²) in [5.41, 5.74) is 8.86. The van der Waals surface area contributed by atoms with E-state index in [9.17, 15) is 0 Å². The molecule has 7 rings (SSSR count). The normalized spacial score (nSPS) is 11.2. The smallest absolute Gasteiger partial charge is 0.160 e. The highest BCUT2D eigenvalue weighted by Gasteiger charge is 2.17. The molecule has 0 unspecified atom stereocenters. The molecular weight excluding hydrogens is 468 g/mol. The summed E-state index contributed by atoms with van der Waals surface area (Å²) in [6.07, 6.45) is 0. The molecule has 174 valence electrons. The summed E-state index contributed by atoms with van der Waals surface area (Å²) in [5.74, 6) is 0.746. The second-order valence-electron chi connectivity index (χ2n) is 9.06. The van der Waals surface area contributed by atoms with Crippen molar-refractivity contribution in [2.75, 3.05) is 0 Å². The van der Waals surface area contributed by atoms with Gasteiger partial charge >= 0.3 is 0 Å². The summed E-state index contributed by atoms with van der Waals surface area (Å²) in [4.78, 5) is 10.3. The van der Waals surface area contributed by atoms with Crippen LogP contribution in [0.1, 0.15) is 0 Å². The van der Waals surface area contributed by atoms with E-state index in [1.54, 1.807) is 11.3 Å². The molecule has 0 amide bonds. The minimum Gasteiger partial charge on any atom is -0.226 e. The van der Waals surface area contributed by atoms with Crippen molar-refractivity contribution in [3.8, 4) is 44.9 Å². The molecule has 0 fully saturated rings. The van der Waals surface area contributed by atoms with Gasteiger partial charge in [0.2, 0.25) is 0 Å². The largest absolute Gasteiger partial charge is 0.226 e. The topological polar surface area (TPSA) is 25.8 Å². The maximum absolute atomic E-state index is 5.17. The Morgan fingerprint density at radius 2 is 1.00 bits per heavy atom. The van der Waals surface area contributed by atoms with E-state index >= 15 is 0 Å². The monoisotopic (exact) mass is 490 g/mol. The molecule has 7 aromatic rings. The lowest BCUT2D eigenvalue weighted by molar-refractivity contribution is 1.24. The van der Waals surface area contributed by atoms with E-state index in [0.29, 0.717) is 0 Å². The third-order valence-electron chi connectivity index (χ3n) is 6.71. The Kier molecular flexibility index (Phi) is 5.34. The van der Waals surface area contributed by atoms with Crippen LogP contribution in [0.2, 0.25) is 0 Å². The Morgan fingerprint density at radius 3 is 1.76 bits per heavy atom. The van der Waals surface area contributed by atoms with Gasteiger partial charge < -0.3 is 0 Å². The predicted octanol–water partition coefficient (Wildman–Crippen LogP) is 9.51. The molecule has 37 heavy (non-hydrogen) atoms. The molecule has 5 aromatic carbocycles. The van der Waals surface area contributed by atoms with Crippen molar-refractivity contribution in [3.63, 3.8) is 0 Å². The van der Waals surface area contributed by atoms with Gasteiger partial charge in [-0.3, -0.25) is 0 Å². The third-order valence-corrected chi connectivity index (χ3v) is 7.88. The fourth-order valence-corrected chi connectivity index (χ4v) is 5.99. The number of hydrogen-bond acceptors (Lipinski definition) is 3. The van der Waals surface area contributed by atoms with Crippen LogP contribution in [-0.2, 0) is 0 Å². The van der Waals surface area contributed by atoms with Crippen LogP contribution in [0.5, 0.6) is 0 Å².